The molecule has 1 saturated heterocycles. The molecule has 28 heavy (non-hydrogen) atoms. The minimum atomic E-state index is -3.51. The predicted octanol–water partition coefficient (Wildman–Crippen LogP) is 1.87. The van der Waals surface area contributed by atoms with E-state index in [1.54, 1.807) is 19.2 Å². The molecule has 1 aromatic carbocycles. The van der Waals surface area contributed by atoms with Crippen LogP contribution in [0.15, 0.2) is 23.1 Å². The summed E-state index contributed by atoms with van der Waals surface area (Å²) in [7, 11) is -1.88. The number of piperidine rings is 1. The number of methoxy groups -OCH3 is 1. The summed E-state index contributed by atoms with van der Waals surface area (Å²) >= 11 is 0. The molecule has 0 radical (unpaired) electrons. The summed E-state index contributed by atoms with van der Waals surface area (Å²) in [5.41, 5.74) is 2.03. The third kappa shape index (κ3) is 6.27. The van der Waals surface area contributed by atoms with Gasteiger partial charge >= 0.3 is 0 Å². The average Bonchev–Trinajstić information content (AvgIpc) is 2.69. The summed E-state index contributed by atoms with van der Waals surface area (Å²) in [6, 6.07) is 5.21. The van der Waals surface area contributed by atoms with Crippen molar-refractivity contribution in [2.75, 3.05) is 46.6 Å². The number of hydrogen-bond donors (Lipinski definition) is 1. The SMILES string of the molecule is COCCOCCCNC(=O)C1CCN(S(=O)(=O)c2ccc(C)c(C)c2)CC1. The van der Waals surface area contributed by atoms with E-state index in [-0.39, 0.29) is 11.8 Å². The first-order valence-corrected chi connectivity index (χ1v) is 11.2. The second-order valence-electron chi connectivity index (χ2n) is 7.17. The molecule has 0 spiro atoms. The first-order chi connectivity index (χ1) is 13.4. The predicted molar refractivity (Wildman–Crippen MR) is 108 cm³/mol. The van der Waals surface area contributed by atoms with Crippen LogP contribution in [-0.2, 0) is 24.3 Å². The Hall–Kier alpha value is -1.48. The van der Waals surface area contributed by atoms with Crippen molar-refractivity contribution >= 4 is 15.9 Å². The zero-order valence-electron chi connectivity index (χ0n) is 17.1. The van der Waals surface area contributed by atoms with Crippen LogP contribution < -0.4 is 5.32 Å². The summed E-state index contributed by atoms with van der Waals surface area (Å²) in [6.45, 7) is 6.87. The molecule has 1 amide bonds. The van der Waals surface area contributed by atoms with Gasteiger partial charge in [0.2, 0.25) is 15.9 Å². The molecule has 0 saturated carbocycles. The molecule has 1 aliphatic heterocycles. The Morgan fingerprint density at radius 2 is 1.86 bits per heavy atom. The monoisotopic (exact) mass is 412 g/mol. The van der Waals surface area contributed by atoms with Crippen LogP contribution in [0.1, 0.15) is 30.4 Å². The normalized spacial score (nSPS) is 16.2. The highest BCUT2D eigenvalue weighted by Gasteiger charge is 2.32. The van der Waals surface area contributed by atoms with Crippen molar-refractivity contribution in [2.45, 2.75) is 38.0 Å². The zero-order valence-corrected chi connectivity index (χ0v) is 17.9. The molecule has 0 unspecified atom stereocenters. The van der Waals surface area contributed by atoms with Crippen LogP contribution in [0.25, 0.3) is 0 Å². The molecule has 1 N–H and O–H groups in total. The molecule has 0 aliphatic carbocycles. The second-order valence-corrected chi connectivity index (χ2v) is 9.11. The van der Waals surface area contributed by atoms with E-state index in [1.807, 2.05) is 19.9 Å². The van der Waals surface area contributed by atoms with Gasteiger partial charge in [-0.15, -0.1) is 0 Å². The van der Waals surface area contributed by atoms with Crippen LogP contribution in [0.3, 0.4) is 0 Å². The van der Waals surface area contributed by atoms with Gasteiger partial charge in [-0.2, -0.15) is 4.31 Å². The number of nitrogens with one attached hydrogen (secondary N) is 1. The highest BCUT2D eigenvalue weighted by molar-refractivity contribution is 7.89. The molecule has 1 heterocycles. The molecule has 0 aromatic heterocycles. The third-order valence-electron chi connectivity index (χ3n) is 5.14. The molecule has 8 heteroatoms. The van der Waals surface area contributed by atoms with Gasteiger partial charge in [-0.3, -0.25) is 4.79 Å². The smallest absolute Gasteiger partial charge is 0.243 e. The summed E-state index contributed by atoms with van der Waals surface area (Å²) in [5.74, 6) is -0.138. The van der Waals surface area contributed by atoms with Gasteiger partial charge in [0.1, 0.15) is 0 Å². The summed E-state index contributed by atoms with van der Waals surface area (Å²) in [6.07, 6.45) is 1.83. The molecule has 0 bridgehead atoms. The maximum absolute atomic E-state index is 12.8. The van der Waals surface area contributed by atoms with Gasteiger partial charge in [0.25, 0.3) is 0 Å². The fourth-order valence-corrected chi connectivity index (χ4v) is 4.71. The highest BCUT2D eigenvalue weighted by atomic mass is 32.2. The van der Waals surface area contributed by atoms with E-state index in [2.05, 4.69) is 5.32 Å². The Labute approximate surface area is 168 Å². The van der Waals surface area contributed by atoms with Crippen molar-refractivity contribution in [1.29, 1.82) is 0 Å². The fraction of sp³-hybridized carbons (Fsp3) is 0.650. The number of aryl methyl sites for hydroxylation is 2. The van der Waals surface area contributed by atoms with E-state index >= 15 is 0 Å². The average molecular weight is 413 g/mol. The standard InChI is InChI=1S/C20H32N2O5S/c1-16-5-6-19(15-17(16)2)28(24,25)22-10-7-18(8-11-22)20(23)21-9-4-12-27-14-13-26-3/h5-6,15,18H,4,7-14H2,1-3H3,(H,21,23). The van der Waals surface area contributed by atoms with E-state index in [9.17, 15) is 13.2 Å². The quantitative estimate of drug-likeness (QED) is 0.593. The number of rotatable bonds is 10. The minimum Gasteiger partial charge on any atom is -0.382 e. The first kappa shape index (κ1) is 22.8. The maximum Gasteiger partial charge on any atom is 0.243 e. The molecule has 1 fully saturated rings. The van der Waals surface area contributed by atoms with Crippen molar-refractivity contribution < 1.29 is 22.7 Å². The van der Waals surface area contributed by atoms with E-state index in [4.69, 9.17) is 9.47 Å². The Bertz CT molecular complexity index is 743. The van der Waals surface area contributed by atoms with Gasteiger partial charge < -0.3 is 14.8 Å². The molecule has 0 atom stereocenters. The molecule has 1 aliphatic rings. The molecule has 1 aromatic rings. The van der Waals surface area contributed by atoms with E-state index in [0.29, 0.717) is 57.2 Å². The first-order valence-electron chi connectivity index (χ1n) is 9.78. The number of carbonyl (C=O) groups is 1. The number of sulfonamides is 1. The van der Waals surface area contributed by atoms with Gasteiger partial charge in [0.15, 0.2) is 0 Å². The summed E-state index contributed by atoms with van der Waals surface area (Å²) in [4.78, 5) is 12.6. The molecule has 2 rings (SSSR count). The van der Waals surface area contributed by atoms with E-state index in [1.165, 1.54) is 4.31 Å². The van der Waals surface area contributed by atoms with E-state index in [0.717, 1.165) is 17.5 Å². The topological polar surface area (TPSA) is 84.9 Å². The number of carbonyl (C=O) groups excluding carboxylic acids is 1. The van der Waals surface area contributed by atoms with Crippen molar-refractivity contribution in [3.63, 3.8) is 0 Å². The Morgan fingerprint density at radius 1 is 1.14 bits per heavy atom. The van der Waals surface area contributed by atoms with Crippen molar-refractivity contribution in [3.8, 4) is 0 Å². The van der Waals surface area contributed by atoms with Crippen LogP contribution in [0, 0.1) is 19.8 Å². The lowest BCUT2D eigenvalue weighted by Crippen LogP contribution is -2.43. The third-order valence-corrected chi connectivity index (χ3v) is 7.03. The largest absolute Gasteiger partial charge is 0.382 e. The number of hydrogen-bond acceptors (Lipinski definition) is 5. The minimum absolute atomic E-state index is 0.000111. The number of benzene rings is 1. The molecular formula is C20H32N2O5S. The van der Waals surface area contributed by atoms with E-state index < -0.39 is 10.0 Å². The molecular weight excluding hydrogens is 380 g/mol. The Morgan fingerprint density at radius 3 is 2.50 bits per heavy atom. The van der Waals surface area contributed by atoms with Crippen LogP contribution >= 0.6 is 0 Å². The molecule has 7 nitrogen and oxygen atoms in total. The maximum atomic E-state index is 12.8. The van der Waals surface area contributed by atoms with Crippen LogP contribution in [0.4, 0.5) is 0 Å². The van der Waals surface area contributed by atoms with Gasteiger partial charge in [0, 0.05) is 39.3 Å². The Balaban J connectivity index is 1.77. The number of nitrogens with zero attached hydrogens (tertiary/aromatic N) is 1. The van der Waals surface area contributed by atoms with Gasteiger partial charge in [-0.1, -0.05) is 6.07 Å². The lowest BCUT2D eigenvalue weighted by atomic mass is 9.97. The second kappa shape index (κ2) is 10.9. The van der Waals surface area contributed by atoms with Crippen LogP contribution in [0.2, 0.25) is 0 Å². The highest BCUT2D eigenvalue weighted by Crippen LogP contribution is 2.25. The number of amides is 1. The van der Waals surface area contributed by atoms with Gasteiger partial charge in [-0.25, -0.2) is 8.42 Å². The zero-order chi connectivity index (χ0) is 20.6. The lowest BCUT2D eigenvalue weighted by molar-refractivity contribution is -0.126. The summed E-state index contributed by atoms with van der Waals surface area (Å²) in [5, 5.41) is 2.92. The van der Waals surface area contributed by atoms with Crippen LogP contribution in [-0.4, -0.2) is 65.2 Å². The van der Waals surface area contributed by atoms with Crippen molar-refractivity contribution in [1.82, 2.24) is 9.62 Å². The number of ether oxygens (including phenoxy) is 2. The van der Waals surface area contributed by atoms with Gasteiger partial charge in [0.05, 0.1) is 18.1 Å². The van der Waals surface area contributed by atoms with Gasteiger partial charge in [-0.05, 0) is 56.4 Å². The lowest BCUT2D eigenvalue weighted by Gasteiger charge is -2.30. The molecule has 158 valence electrons. The summed E-state index contributed by atoms with van der Waals surface area (Å²) < 4.78 is 37.4. The fourth-order valence-electron chi connectivity index (χ4n) is 3.16. The Kier molecular flexibility index (Phi) is 8.88. The van der Waals surface area contributed by atoms with Crippen LogP contribution in [0.5, 0.6) is 0 Å². The van der Waals surface area contributed by atoms with Crippen molar-refractivity contribution in [2.24, 2.45) is 5.92 Å². The van der Waals surface area contributed by atoms with Crippen molar-refractivity contribution in [3.05, 3.63) is 29.3 Å².